The Bertz CT molecular complexity index is 759. The largest absolute Gasteiger partial charge is 0.573 e. The molecule has 6 heteroatoms. The van der Waals surface area contributed by atoms with Crippen LogP contribution in [0.3, 0.4) is 0 Å². The third-order valence-electron chi connectivity index (χ3n) is 4.57. The lowest BCUT2D eigenvalue weighted by atomic mass is 10.00. The molecule has 2 aromatic carbocycles. The highest BCUT2D eigenvalue weighted by Crippen LogP contribution is 2.31. The number of alkyl halides is 3. The van der Waals surface area contributed by atoms with Crippen molar-refractivity contribution < 1.29 is 27.4 Å². The van der Waals surface area contributed by atoms with Gasteiger partial charge in [0.15, 0.2) is 6.29 Å². The van der Waals surface area contributed by atoms with E-state index in [1.165, 1.54) is 17.7 Å². The molecule has 0 atom stereocenters. The first-order valence-corrected chi connectivity index (χ1v) is 9.23. The molecule has 2 aromatic rings. The van der Waals surface area contributed by atoms with E-state index in [1.54, 1.807) is 12.1 Å². The molecule has 0 bridgehead atoms. The Morgan fingerprint density at radius 2 is 1.57 bits per heavy atom. The lowest BCUT2D eigenvalue weighted by molar-refractivity contribution is -0.274. The summed E-state index contributed by atoms with van der Waals surface area (Å²) in [4.78, 5) is 0. The minimum atomic E-state index is -4.69. The van der Waals surface area contributed by atoms with Gasteiger partial charge in [0, 0.05) is 11.5 Å². The second kappa shape index (κ2) is 9.26. The van der Waals surface area contributed by atoms with Crippen LogP contribution in [0.1, 0.15) is 42.2 Å². The third-order valence-corrected chi connectivity index (χ3v) is 4.57. The molecule has 150 valence electrons. The third kappa shape index (κ3) is 5.84. The molecule has 3 rings (SSSR count). The predicted octanol–water partition coefficient (Wildman–Crippen LogP) is 5.92. The number of rotatable bonds is 6. The van der Waals surface area contributed by atoms with E-state index in [0.29, 0.717) is 13.2 Å². The highest BCUT2D eigenvalue weighted by molar-refractivity contribution is 5.30. The van der Waals surface area contributed by atoms with Crippen LogP contribution < -0.4 is 4.74 Å². The van der Waals surface area contributed by atoms with Crippen molar-refractivity contribution in [1.82, 2.24) is 0 Å². The van der Waals surface area contributed by atoms with Gasteiger partial charge >= 0.3 is 6.36 Å². The van der Waals surface area contributed by atoms with E-state index in [2.05, 4.69) is 22.9 Å². The van der Waals surface area contributed by atoms with Crippen LogP contribution in [0.15, 0.2) is 60.7 Å². The first kappa shape index (κ1) is 20.4. The van der Waals surface area contributed by atoms with Crippen LogP contribution in [0.5, 0.6) is 5.75 Å². The van der Waals surface area contributed by atoms with Crippen molar-refractivity contribution in [3.63, 3.8) is 0 Å². The van der Waals surface area contributed by atoms with Crippen molar-refractivity contribution in [3.05, 3.63) is 77.4 Å². The van der Waals surface area contributed by atoms with E-state index >= 15 is 0 Å². The summed E-state index contributed by atoms with van der Waals surface area (Å²) in [6, 6.07) is 14.0. The van der Waals surface area contributed by atoms with Gasteiger partial charge in [-0.2, -0.15) is 0 Å². The minimum absolute atomic E-state index is 0.0312. The van der Waals surface area contributed by atoms with Crippen molar-refractivity contribution in [2.45, 2.75) is 38.3 Å². The van der Waals surface area contributed by atoms with Gasteiger partial charge in [-0.25, -0.2) is 0 Å². The maximum atomic E-state index is 12.2. The fourth-order valence-electron chi connectivity index (χ4n) is 3.09. The summed E-state index contributed by atoms with van der Waals surface area (Å²) >= 11 is 0. The van der Waals surface area contributed by atoms with Crippen molar-refractivity contribution in [2.75, 3.05) is 13.2 Å². The average Bonchev–Trinajstić information content (AvgIpc) is 2.68. The van der Waals surface area contributed by atoms with Gasteiger partial charge in [-0.3, -0.25) is 0 Å². The summed E-state index contributed by atoms with van der Waals surface area (Å²) < 4.78 is 52.3. The van der Waals surface area contributed by atoms with Gasteiger partial charge in [0.1, 0.15) is 5.75 Å². The molecule has 1 saturated heterocycles. The zero-order valence-electron chi connectivity index (χ0n) is 15.6. The molecule has 0 saturated carbocycles. The topological polar surface area (TPSA) is 27.7 Å². The number of ether oxygens (including phenoxy) is 3. The summed E-state index contributed by atoms with van der Waals surface area (Å²) in [6.07, 6.45) is 1.09. The van der Waals surface area contributed by atoms with Crippen molar-refractivity contribution in [3.8, 4) is 5.75 Å². The molecule has 28 heavy (non-hydrogen) atoms. The molecule has 0 aliphatic carbocycles. The summed E-state index contributed by atoms with van der Waals surface area (Å²) in [6.45, 7) is 2.89. The molecular weight excluding hydrogens is 369 g/mol. The number of hydrogen-bond donors (Lipinski definition) is 0. The minimum Gasteiger partial charge on any atom is -0.406 e. The van der Waals surface area contributed by atoms with Crippen LogP contribution >= 0.6 is 0 Å². The quantitative estimate of drug-likeness (QED) is 0.571. The van der Waals surface area contributed by atoms with Gasteiger partial charge in [-0.05, 0) is 43.0 Å². The molecule has 0 unspecified atom stereocenters. The molecule has 0 spiro atoms. The van der Waals surface area contributed by atoms with E-state index in [-0.39, 0.29) is 11.7 Å². The molecule has 0 aromatic heterocycles. The maximum Gasteiger partial charge on any atom is 0.573 e. The van der Waals surface area contributed by atoms with Gasteiger partial charge < -0.3 is 14.2 Å². The van der Waals surface area contributed by atoms with E-state index < -0.39 is 12.7 Å². The lowest BCUT2D eigenvalue weighted by Crippen LogP contribution is -2.25. The second-order valence-electron chi connectivity index (χ2n) is 6.66. The Kier molecular flexibility index (Phi) is 6.75. The van der Waals surface area contributed by atoms with Gasteiger partial charge in [0.2, 0.25) is 0 Å². The fraction of sp³-hybridized carbons (Fsp3) is 0.364. The summed E-state index contributed by atoms with van der Waals surface area (Å²) in [5, 5.41) is 0. The number of halogens is 3. The SMILES string of the molecule is CC=CCCc1ccc(C2OCC(c3ccc(OC(F)(F)F)cc3)CO2)cc1. The van der Waals surface area contributed by atoms with Crippen molar-refractivity contribution in [1.29, 1.82) is 0 Å². The fourth-order valence-corrected chi connectivity index (χ4v) is 3.09. The summed E-state index contributed by atoms with van der Waals surface area (Å²) in [5.41, 5.74) is 3.08. The molecular formula is C22H23F3O3. The van der Waals surface area contributed by atoms with Crippen LogP contribution in [0.2, 0.25) is 0 Å². The zero-order valence-corrected chi connectivity index (χ0v) is 15.6. The first-order chi connectivity index (χ1) is 13.4. The standard InChI is InChI=1S/C22H23F3O3/c1-2-3-4-5-16-6-8-18(9-7-16)21-26-14-19(15-27-21)17-10-12-20(13-11-17)28-22(23,24)25/h2-3,6-13,19,21H,4-5,14-15H2,1H3. The molecule has 0 N–H and O–H groups in total. The van der Waals surface area contributed by atoms with Crippen molar-refractivity contribution in [2.24, 2.45) is 0 Å². The Labute approximate surface area is 162 Å². The van der Waals surface area contributed by atoms with Crippen LogP contribution in [0.4, 0.5) is 13.2 Å². The van der Waals surface area contributed by atoms with E-state index in [4.69, 9.17) is 9.47 Å². The summed E-state index contributed by atoms with van der Waals surface area (Å²) in [5.74, 6) is -0.266. The number of allylic oxidation sites excluding steroid dienone is 2. The van der Waals surface area contributed by atoms with Crippen LogP contribution in [-0.4, -0.2) is 19.6 Å². The molecule has 1 fully saturated rings. The highest BCUT2D eigenvalue weighted by atomic mass is 19.4. The summed E-state index contributed by atoms with van der Waals surface area (Å²) in [7, 11) is 0. The number of benzene rings is 2. The van der Waals surface area contributed by atoms with Crippen LogP contribution in [0.25, 0.3) is 0 Å². The molecule has 1 aliphatic rings. The molecule has 1 heterocycles. The van der Waals surface area contributed by atoms with Gasteiger partial charge in [-0.1, -0.05) is 48.6 Å². The monoisotopic (exact) mass is 392 g/mol. The van der Waals surface area contributed by atoms with Crippen LogP contribution in [-0.2, 0) is 15.9 Å². The molecule has 0 amide bonds. The van der Waals surface area contributed by atoms with E-state index in [0.717, 1.165) is 24.0 Å². The number of hydrogen-bond acceptors (Lipinski definition) is 3. The highest BCUT2D eigenvalue weighted by Gasteiger charge is 2.31. The molecule has 0 radical (unpaired) electrons. The van der Waals surface area contributed by atoms with Gasteiger partial charge in [0.05, 0.1) is 13.2 Å². The zero-order chi connectivity index (χ0) is 20.0. The normalized spacial score (nSPS) is 20.4. The smallest absolute Gasteiger partial charge is 0.406 e. The Hall–Kier alpha value is -2.31. The molecule has 1 aliphatic heterocycles. The Balaban J connectivity index is 1.52. The van der Waals surface area contributed by atoms with Gasteiger partial charge in [-0.15, -0.1) is 13.2 Å². The van der Waals surface area contributed by atoms with E-state index in [9.17, 15) is 13.2 Å². The first-order valence-electron chi connectivity index (χ1n) is 9.23. The predicted molar refractivity (Wildman–Crippen MR) is 100 cm³/mol. The maximum absolute atomic E-state index is 12.2. The Morgan fingerprint density at radius 1 is 0.964 bits per heavy atom. The lowest BCUT2D eigenvalue weighted by Gasteiger charge is -2.30. The molecule has 3 nitrogen and oxygen atoms in total. The van der Waals surface area contributed by atoms with Crippen molar-refractivity contribution >= 4 is 0 Å². The Morgan fingerprint density at radius 3 is 2.14 bits per heavy atom. The van der Waals surface area contributed by atoms with Crippen LogP contribution in [0, 0.1) is 0 Å². The number of aryl methyl sites for hydroxylation is 1. The second-order valence-corrected chi connectivity index (χ2v) is 6.66. The van der Waals surface area contributed by atoms with E-state index in [1.807, 2.05) is 25.1 Å². The average molecular weight is 392 g/mol. The van der Waals surface area contributed by atoms with Gasteiger partial charge in [0.25, 0.3) is 0 Å².